The number of benzene rings is 1. The minimum atomic E-state index is -0.533. The maximum Gasteiger partial charge on any atom is 0.410 e. The lowest BCUT2D eigenvalue weighted by molar-refractivity contribution is 0.0202. The molecule has 0 unspecified atom stereocenters. The summed E-state index contributed by atoms with van der Waals surface area (Å²) in [5, 5.41) is 10.4. The maximum atomic E-state index is 12.9. The number of fused-ring (bicyclic) bond motifs is 1. The molecule has 5 nitrogen and oxygen atoms in total. The van der Waals surface area contributed by atoms with E-state index in [1.165, 1.54) is 10.9 Å². The van der Waals surface area contributed by atoms with Gasteiger partial charge in [0.1, 0.15) is 5.60 Å². The van der Waals surface area contributed by atoms with Gasteiger partial charge in [0.2, 0.25) is 0 Å². The molecule has 0 saturated heterocycles. The van der Waals surface area contributed by atoms with Crippen LogP contribution in [0.15, 0.2) is 42.6 Å². The van der Waals surface area contributed by atoms with Crippen LogP contribution in [-0.4, -0.2) is 34.7 Å². The molecule has 0 radical (unpaired) electrons. The summed E-state index contributed by atoms with van der Waals surface area (Å²) >= 11 is 0. The fraction of sp³-hybridized carbons (Fsp3) is 0.500. The molecule has 0 spiro atoms. The van der Waals surface area contributed by atoms with Crippen LogP contribution in [-0.2, 0) is 11.2 Å². The standard InChI is InChI=1S/C24H31N3O2/c1-24(2,3)29-23(28)27(17-20-9-5-4-8-18(20)12-14-25)15-13-19-16-26-22-11-7-6-10-21(19)22/h4-7,10-11,16,18,20,26H,8-9,12-13,15,17H2,1-3H3/t18-,20-/m0/s1. The van der Waals surface area contributed by atoms with E-state index in [2.05, 4.69) is 35.3 Å². The number of amides is 1. The number of H-pyrrole nitrogens is 1. The summed E-state index contributed by atoms with van der Waals surface area (Å²) in [5.41, 5.74) is 1.78. The highest BCUT2D eigenvalue weighted by Crippen LogP contribution is 2.29. The van der Waals surface area contributed by atoms with Crippen molar-refractivity contribution in [3.63, 3.8) is 0 Å². The minimum Gasteiger partial charge on any atom is -0.444 e. The van der Waals surface area contributed by atoms with E-state index in [-0.39, 0.29) is 12.0 Å². The Morgan fingerprint density at radius 1 is 1.24 bits per heavy atom. The minimum absolute atomic E-state index is 0.275. The number of ether oxygens (including phenoxy) is 1. The summed E-state index contributed by atoms with van der Waals surface area (Å²) in [6, 6.07) is 10.5. The van der Waals surface area contributed by atoms with Gasteiger partial charge in [0, 0.05) is 36.6 Å². The molecule has 5 heteroatoms. The number of allylic oxidation sites excluding steroid dienone is 2. The lowest BCUT2D eigenvalue weighted by Crippen LogP contribution is -2.42. The van der Waals surface area contributed by atoms with Crippen molar-refractivity contribution >= 4 is 17.0 Å². The van der Waals surface area contributed by atoms with Crippen LogP contribution in [0.5, 0.6) is 0 Å². The molecule has 154 valence electrons. The SMILES string of the molecule is CC(C)(C)OC(=O)N(CCc1c[nH]c2ccccc12)C[C@@H]1CC=CC[C@H]1CC#N. The second-order valence-corrected chi connectivity index (χ2v) is 8.86. The molecule has 1 aromatic heterocycles. The van der Waals surface area contributed by atoms with Crippen molar-refractivity contribution in [2.75, 3.05) is 13.1 Å². The molecular weight excluding hydrogens is 362 g/mol. The fourth-order valence-corrected chi connectivity index (χ4v) is 3.98. The first-order valence-electron chi connectivity index (χ1n) is 10.4. The first-order valence-corrected chi connectivity index (χ1v) is 10.4. The monoisotopic (exact) mass is 393 g/mol. The molecule has 0 aliphatic heterocycles. The summed E-state index contributed by atoms with van der Waals surface area (Å²) in [4.78, 5) is 18.1. The number of aromatic nitrogens is 1. The van der Waals surface area contributed by atoms with Gasteiger partial charge in [-0.05, 0) is 63.5 Å². The van der Waals surface area contributed by atoms with E-state index in [9.17, 15) is 10.1 Å². The molecule has 2 atom stereocenters. The average molecular weight is 394 g/mol. The Hall–Kier alpha value is -2.74. The summed E-state index contributed by atoms with van der Waals surface area (Å²) in [5.74, 6) is 0.582. The number of hydrogen-bond donors (Lipinski definition) is 1. The largest absolute Gasteiger partial charge is 0.444 e. The Morgan fingerprint density at radius 3 is 2.69 bits per heavy atom. The van der Waals surface area contributed by atoms with Gasteiger partial charge in [-0.1, -0.05) is 30.4 Å². The van der Waals surface area contributed by atoms with Crippen LogP contribution in [0.25, 0.3) is 10.9 Å². The second-order valence-electron chi connectivity index (χ2n) is 8.86. The average Bonchev–Trinajstić information content (AvgIpc) is 3.08. The Labute approximate surface area is 173 Å². The molecule has 2 aromatic rings. The van der Waals surface area contributed by atoms with Crippen molar-refractivity contribution in [3.8, 4) is 6.07 Å². The van der Waals surface area contributed by atoms with E-state index >= 15 is 0 Å². The summed E-state index contributed by atoms with van der Waals surface area (Å²) in [7, 11) is 0. The number of nitriles is 1. The van der Waals surface area contributed by atoms with Crippen molar-refractivity contribution in [2.45, 2.75) is 52.1 Å². The quantitative estimate of drug-likeness (QED) is 0.664. The highest BCUT2D eigenvalue weighted by atomic mass is 16.6. The van der Waals surface area contributed by atoms with E-state index in [0.29, 0.717) is 25.4 Å². The van der Waals surface area contributed by atoms with Crippen LogP contribution in [0.4, 0.5) is 4.79 Å². The molecule has 0 fully saturated rings. The zero-order valence-corrected chi connectivity index (χ0v) is 17.6. The van der Waals surface area contributed by atoms with Crippen molar-refractivity contribution in [1.82, 2.24) is 9.88 Å². The van der Waals surface area contributed by atoms with Crippen molar-refractivity contribution in [3.05, 3.63) is 48.2 Å². The number of carbonyl (C=O) groups excluding carboxylic acids is 1. The lowest BCUT2D eigenvalue weighted by Gasteiger charge is -2.34. The van der Waals surface area contributed by atoms with Crippen LogP contribution >= 0.6 is 0 Å². The third-order valence-corrected chi connectivity index (χ3v) is 5.50. The predicted molar refractivity (Wildman–Crippen MR) is 115 cm³/mol. The normalized spacial score (nSPS) is 19.1. The molecule has 1 aliphatic rings. The van der Waals surface area contributed by atoms with Crippen molar-refractivity contribution in [2.24, 2.45) is 11.8 Å². The number of rotatable bonds is 6. The fourth-order valence-electron chi connectivity index (χ4n) is 3.98. The highest BCUT2D eigenvalue weighted by Gasteiger charge is 2.29. The first kappa shape index (κ1) is 21.0. The topological polar surface area (TPSA) is 69.1 Å². The number of carbonyl (C=O) groups is 1. The first-order chi connectivity index (χ1) is 13.9. The van der Waals surface area contributed by atoms with Gasteiger partial charge in [0.25, 0.3) is 0 Å². The molecule has 29 heavy (non-hydrogen) atoms. The molecule has 0 saturated carbocycles. The summed E-state index contributed by atoms with van der Waals surface area (Å²) in [6.45, 7) is 6.89. The third-order valence-electron chi connectivity index (χ3n) is 5.50. The van der Waals surface area contributed by atoms with Gasteiger partial charge in [0.15, 0.2) is 0 Å². The Morgan fingerprint density at radius 2 is 1.97 bits per heavy atom. The Kier molecular flexibility index (Phi) is 6.64. The van der Waals surface area contributed by atoms with Gasteiger partial charge in [-0.15, -0.1) is 0 Å². The van der Waals surface area contributed by atoms with Crippen molar-refractivity contribution in [1.29, 1.82) is 5.26 Å². The van der Waals surface area contributed by atoms with Gasteiger partial charge in [0.05, 0.1) is 6.07 Å². The van der Waals surface area contributed by atoms with Gasteiger partial charge < -0.3 is 14.6 Å². The second kappa shape index (κ2) is 9.17. The van der Waals surface area contributed by atoms with Crippen molar-refractivity contribution < 1.29 is 9.53 Å². The van der Waals surface area contributed by atoms with Gasteiger partial charge >= 0.3 is 6.09 Å². The van der Waals surface area contributed by atoms with E-state index in [0.717, 1.165) is 24.8 Å². The Balaban J connectivity index is 1.74. The molecule has 3 rings (SSSR count). The maximum absolute atomic E-state index is 12.9. The van der Waals surface area contributed by atoms with Gasteiger partial charge in [-0.2, -0.15) is 5.26 Å². The third kappa shape index (κ3) is 5.63. The van der Waals surface area contributed by atoms with Crippen LogP contribution < -0.4 is 0 Å². The van der Waals surface area contributed by atoms with E-state index < -0.39 is 5.60 Å². The number of nitrogens with one attached hydrogen (secondary N) is 1. The molecule has 1 amide bonds. The Bertz CT molecular complexity index is 901. The van der Waals surface area contributed by atoms with E-state index in [1.54, 1.807) is 0 Å². The zero-order valence-electron chi connectivity index (χ0n) is 17.6. The van der Waals surface area contributed by atoms with Gasteiger partial charge in [-0.25, -0.2) is 4.79 Å². The molecule has 1 aliphatic carbocycles. The van der Waals surface area contributed by atoms with Crippen LogP contribution in [0.3, 0.4) is 0 Å². The number of hydrogen-bond acceptors (Lipinski definition) is 3. The van der Waals surface area contributed by atoms with Crippen LogP contribution in [0, 0.1) is 23.2 Å². The molecular formula is C24H31N3O2. The van der Waals surface area contributed by atoms with Gasteiger partial charge in [-0.3, -0.25) is 0 Å². The molecule has 1 aromatic carbocycles. The molecule has 0 bridgehead atoms. The van der Waals surface area contributed by atoms with Crippen LogP contribution in [0.1, 0.15) is 45.6 Å². The molecule has 1 N–H and O–H groups in total. The summed E-state index contributed by atoms with van der Waals surface area (Å²) < 4.78 is 5.69. The van der Waals surface area contributed by atoms with Crippen LogP contribution in [0.2, 0.25) is 0 Å². The smallest absolute Gasteiger partial charge is 0.410 e. The van der Waals surface area contributed by atoms with E-state index in [4.69, 9.17) is 4.74 Å². The number of aromatic amines is 1. The summed E-state index contributed by atoms with van der Waals surface area (Å²) in [6.07, 6.45) is 9.17. The lowest BCUT2D eigenvalue weighted by atomic mass is 9.81. The number of nitrogens with zero attached hydrogens (tertiary/aromatic N) is 2. The predicted octanol–water partition coefficient (Wildman–Crippen LogP) is 5.44. The zero-order chi connectivity index (χ0) is 20.9. The number of para-hydroxylation sites is 1. The highest BCUT2D eigenvalue weighted by molar-refractivity contribution is 5.83. The molecule has 1 heterocycles. The van der Waals surface area contributed by atoms with E-state index in [1.807, 2.05) is 44.0 Å².